The molecule has 0 spiro atoms. The van der Waals surface area contributed by atoms with Gasteiger partial charge in [0.25, 0.3) is 0 Å². The molecule has 178 valence electrons. The summed E-state index contributed by atoms with van der Waals surface area (Å²) in [6.45, 7) is 0.116. The summed E-state index contributed by atoms with van der Waals surface area (Å²) in [6.07, 6.45) is 6.45. The Labute approximate surface area is 210 Å². The number of benzene rings is 1. The van der Waals surface area contributed by atoms with Crippen LogP contribution in [0.15, 0.2) is 23.4 Å². The first-order valence-electron chi connectivity index (χ1n) is 10.9. The summed E-state index contributed by atoms with van der Waals surface area (Å²) in [4.78, 5) is 13.9. The number of carbonyl (C=O) groups is 1. The van der Waals surface area contributed by atoms with E-state index in [9.17, 15) is 14.4 Å². The molecule has 3 aromatic rings. The van der Waals surface area contributed by atoms with Crippen LogP contribution in [-0.4, -0.2) is 26.4 Å². The highest BCUT2D eigenvalue weighted by Gasteiger charge is 2.21. The van der Waals surface area contributed by atoms with Crippen LogP contribution in [0.3, 0.4) is 0 Å². The van der Waals surface area contributed by atoms with E-state index in [1.54, 1.807) is 11.6 Å². The van der Waals surface area contributed by atoms with Crippen molar-refractivity contribution >= 4 is 45.6 Å². The summed E-state index contributed by atoms with van der Waals surface area (Å²) < 4.78 is 20.6. The Kier molecular flexibility index (Phi) is 8.08. The van der Waals surface area contributed by atoms with Crippen LogP contribution in [-0.2, 0) is 31.3 Å². The van der Waals surface area contributed by atoms with Gasteiger partial charge in [-0.15, -0.1) is 21.5 Å². The molecule has 0 fully saturated rings. The predicted molar refractivity (Wildman–Crippen MR) is 131 cm³/mol. The highest BCUT2D eigenvalue weighted by molar-refractivity contribution is 7.99. The zero-order valence-corrected chi connectivity index (χ0v) is 21.0. The van der Waals surface area contributed by atoms with Gasteiger partial charge in [-0.1, -0.05) is 36.2 Å². The van der Waals surface area contributed by atoms with Crippen molar-refractivity contribution in [1.82, 2.24) is 14.8 Å². The maximum absolute atomic E-state index is 13.3. The molecule has 11 heteroatoms. The number of halogens is 2. The highest BCUT2D eigenvalue weighted by atomic mass is 35.5. The number of fused-ring (bicyclic) bond motifs is 1. The molecule has 0 atom stereocenters. The third kappa shape index (κ3) is 5.71. The van der Waals surface area contributed by atoms with E-state index < -0.39 is 5.82 Å². The topological polar surface area (TPSA) is 92.8 Å². The number of aromatic nitrogens is 3. The van der Waals surface area contributed by atoms with Crippen LogP contribution in [0.1, 0.15) is 47.5 Å². The molecule has 4 rings (SSSR count). The SMILES string of the molecule is Cn1c(COc2ccc(F)c(Cl)c2)nnc1SCC(=O)Nc1sc2c(c1C#N)CCCCCC2. The lowest BCUT2D eigenvalue weighted by Gasteiger charge is -2.08. The van der Waals surface area contributed by atoms with Gasteiger partial charge in [-0.25, -0.2) is 4.39 Å². The molecule has 0 bridgehead atoms. The summed E-state index contributed by atoms with van der Waals surface area (Å²) in [7, 11) is 1.78. The molecule has 1 aliphatic rings. The number of carbonyl (C=O) groups excluding carboxylic acids is 1. The third-order valence-corrected chi connectivity index (χ3v) is 8.07. The van der Waals surface area contributed by atoms with E-state index in [0.29, 0.717) is 27.3 Å². The van der Waals surface area contributed by atoms with E-state index in [-0.39, 0.29) is 23.3 Å². The van der Waals surface area contributed by atoms with E-state index in [1.807, 2.05) is 0 Å². The highest BCUT2D eigenvalue weighted by Crippen LogP contribution is 2.36. The Bertz CT molecular complexity index is 1240. The number of nitrogens with zero attached hydrogens (tertiary/aromatic N) is 4. The fraction of sp³-hybridized carbons (Fsp3) is 0.391. The predicted octanol–water partition coefficient (Wildman–Crippen LogP) is 5.51. The third-order valence-electron chi connectivity index (χ3n) is 5.55. The van der Waals surface area contributed by atoms with Gasteiger partial charge in [0.15, 0.2) is 11.0 Å². The molecule has 0 saturated heterocycles. The van der Waals surface area contributed by atoms with E-state index >= 15 is 0 Å². The lowest BCUT2D eigenvalue weighted by Crippen LogP contribution is -2.14. The number of rotatable bonds is 7. The Hall–Kier alpha value is -2.61. The van der Waals surface area contributed by atoms with Crippen molar-refractivity contribution in [3.63, 3.8) is 0 Å². The number of nitriles is 1. The van der Waals surface area contributed by atoms with Gasteiger partial charge in [-0.2, -0.15) is 5.26 Å². The molecule has 0 radical (unpaired) electrons. The van der Waals surface area contributed by atoms with Gasteiger partial charge in [0.05, 0.1) is 16.3 Å². The Morgan fingerprint density at radius 2 is 2.12 bits per heavy atom. The van der Waals surface area contributed by atoms with Gasteiger partial charge in [-0.3, -0.25) is 4.79 Å². The normalized spacial score (nSPS) is 13.5. The van der Waals surface area contributed by atoms with Crippen molar-refractivity contribution < 1.29 is 13.9 Å². The van der Waals surface area contributed by atoms with Gasteiger partial charge in [0.1, 0.15) is 29.2 Å². The lowest BCUT2D eigenvalue weighted by molar-refractivity contribution is -0.113. The number of ether oxygens (including phenoxy) is 1. The molecule has 7 nitrogen and oxygen atoms in total. The number of amides is 1. The Balaban J connectivity index is 1.35. The minimum atomic E-state index is -0.514. The second-order valence-corrected chi connectivity index (χ2v) is 10.3. The first kappa shape index (κ1) is 24.5. The number of anilines is 1. The number of hydrogen-bond donors (Lipinski definition) is 1. The average molecular weight is 520 g/mol. The number of nitrogens with one attached hydrogen (secondary N) is 1. The molecule has 0 saturated carbocycles. The molecule has 34 heavy (non-hydrogen) atoms. The minimum absolute atomic E-state index is 0.0185. The smallest absolute Gasteiger partial charge is 0.235 e. The first-order chi connectivity index (χ1) is 16.5. The number of aryl methyl sites for hydroxylation is 1. The van der Waals surface area contributed by atoms with Crippen molar-refractivity contribution in [1.29, 1.82) is 5.26 Å². The summed E-state index contributed by atoms with van der Waals surface area (Å²) in [5.74, 6) is 0.389. The van der Waals surface area contributed by atoms with E-state index in [0.717, 1.165) is 31.2 Å². The molecule has 0 unspecified atom stereocenters. The fourth-order valence-corrected chi connectivity index (χ4v) is 5.89. The van der Waals surface area contributed by atoms with Crippen molar-refractivity contribution in [2.24, 2.45) is 7.05 Å². The van der Waals surface area contributed by atoms with Crippen molar-refractivity contribution in [3.8, 4) is 11.8 Å². The van der Waals surface area contributed by atoms with Gasteiger partial charge < -0.3 is 14.6 Å². The van der Waals surface area contributed by atoms with Gasteiger partial charge in [0.2, 0.25) is 5.91 Å². The molecule has 1 aromatic carbocycles. The van der Waals surface area contributed by atoms with Crippen molar-refractivity contribution in [3.05, 3.63) is 50.9 Å². The second-order valence-electron chi connectivity index (χ2n) is 7.89. The molecule has 2 heterocycles. The zero-order chi connectivity index (χ0) is 24.1. The summed E-state index contributed by atoms with van der Waals surface area (Å²) in [5.41, 5.74) is 1.72. The Morgan fingerprint density at radius 1 is 1.32 bits per heavy atom. The first-order valence-corrected chi connectivity index (χ1v) is 13.1. The second kappa shape index (κ2) is 11.2. The van der Waals surface area contributed by atoms with Gasteiger partial charge in [-0.05, 0) is 43.4 Å². The maximum atomic E-state index is 13.3. The lowest BCUT2D eigenvalue weighted by atomic mass is 9.97. The largest absolute Gasteiger partial charge is 0.486 e. The number of hydrogen-bond acceptors (Lipinski definition) is 7. The molecule has 0 aliphatic heterocycles. The quantitative estimate of drug-likeness (QED) is 0.414. The molecule has 1 aliphatic carbocycles. The fourth-order valence-electron chi connectivity index (χ4n) is 3.73. The zero-order valence-electron chi connectivity index (χ0n) is 18.6. The summed E-state index contributed by atoms with van der Waals surface area (Å²) in [6, 6.07) is 6.41. The summed E-state index contributed by atoms with van der Waals surface area (Å²) >= 11 is 8.55. The van der Waals surface area contributed by atoms with E-state index in [2.05, 4.69) is 21.6 Å². The monoisotopic (exact) mass is 519 g/mol. The standard InChI is InChI=1S/C23H23ClFN5O2S2/c1-30-20(12-32-14-8-9-18(25)17(24)10-14)28-29-23(30)33-13-21(31)27-22-16(11-26)15-6-4-2-3-5-7-19(15)34-22/h8-10H,2-7,12-13H2,1H3,(H,27,31). The van der Waals surface area contributed by atoms with Crippen LogP contribution in [0.4, 0.5) is 9.39 Å². The Morgan fingerprint density at radius 3 is 2.88 bits per heavy atom. The molecule has 1 N–H and O–H groups in total. The van der Waals surface area contributed by atoms with E-state index in [1.165, 1.54) is 59.0 Å². The van der Waals surface area contributed by atoms with Crippen LogP contribution >= 0.6 is 34.7 Å². The summed E-state index contributed by atoms with van der Waals surface area (Å²) in [5, 5.41) is 22.0. The van der Waals surface area contributed by atoms with Crippen molar-refractivity contribution in [2.45, 2.75) is 50.3 Å². The average Bonchev–Trinajstić information content (AvgIpc) is 3.31. The van der Waals surface area contributed by atoms with Crippen LogP contribution in [0.2, 0.25) is 5.02 Å². The van der Waals surface area contributed by atoms with Crippen LogP contribution in [0.25, 0.3) is 0 Å². The molecule has 1 amide bonds. The maximum Gasteiger partial charge on any atom is 0.235 e. The van der Waals surface area contributed by atoms with Crippen LogP contribution in [0, 0.1) is 17.1 Å². The minimum Gasteiger partial charge on any atom is -0.486 e. The number of thioether (sulfide) groups is 1. The van der Waals surface area contributed by atoms with Gasteiger partial charge in [0, 0.05) is 18.0 Å². The van der Waals surface area contributed by atoms with Crippen LogP contribution < -0.4 is 10.1 Å². The molecular formula is C23H23ClFN5O2S2. The van der Waals surface area contributed by atoms with Gasteiger partial charge >= 0.3 is 0 Å². The van der Waals surface area contributed by atoms with E-state index in [4.69, 9.17) is 16.3 Å². The van der Waals surface area contributed by atoms with Crippen molar-refractivity contribution in [2.75, 3.05) is 11.1 Å². The number of thiophene rings is 1. The molecule has 2 aromatic heterocycles. The molecular weight excluding hydrogens is 497 g/mol. The van der Waals surface area contributed by atoms with Crippen LogP contribution in [0.5, 0.6) is 5.75 Å².